The predicted molar refractivity (Wildman–Crippen MR) is 154 cm³/mol. The molecule has 0 bridgehead atoms. The Bertz CT molecular complexity index is 1250. The van der Waals surface area contributed by atoms with Crippen LogP contribution in [0, 0.1) is 11.8 Å². The molecule has 1 N–H and O–H groups in total. The quantitative estimate of drug-likeness (QED) is 0.324. The van der Waals surface area contributed by atoms with E-state index in [0.717, 1.165) is 24.3 Å². The van der Waals surface area contributed by atoms with Crippen LogP contribution in [0.3, 0.4) is 0 Å². The number of nitrogens with one attached hydrogen (secondary N) is 1. The molecule has 2 aromatic carbocycles. The van der Waals surface area contributed by atoms with E-state index in [1.54, 1.807) is 20.8 Å². The second-order valence-corrected chi connectivity index (χ2v) is 12.2. The summed E-state index contributed by atoms with van der Waals surface area (Å²) in [5.41, 5.74) is -3.32. The van der Waals surface area contributed by atoms with Crippen molar-refractivity contribution in [1.82, 2.24) is 10.2 Å². The van der Waals surface area contributed by atoms with Crippen molar-refractivity contribution < 1.29 is 53.4 Å². The van der Waals surface area contributed by atoms with Gasteiger partial charge in [-0.1, -0.05) is 24.3 Å². The van der Waals surface area contributed by atoms with Crippen molar-refractivity contribution in [2.45, 2.75) is 76.3 Å². The molecule has 0 radical (unpaired) electrons. The third-order valence-electron chi connectivity index (χ3n) is 7.71. The van der Waals surface area contributed by atoms with Gasteiger partial charge < -0.3 is 15.0 Å². The standard InChI is InChI=1S/C18H22F5NO2.C13H14F5N.ClH/c1-16(2,3)26-15(25)24-10-8-13(9-11-24)17(19,20)12-4-6-14(7-5-12)18(21,22)23;14-12(15,10-5-7-19-8-6-10)9-1-3-11(4-2-9)13(16,17)18;/h4-7,13H,8-11H2,1-3H3;1-4,10,19H,5-8H2;1H. The highest BCUT2D eigenvalue weighted by Gasteiger charge is 2.44. The van der Waals surface area contributed by atoms with Gasteiger partial charge in [-0.3, -0.25) is 0 Å². The van der Waals surface area contributed by atoms with E-state index in [0.29, 0.717) is 50.2 Å². The van der Waals surface area contributed by atoms with E-state index in [4.69, 9.17) is 4.74 Å². The summed E-state index contributed by atoms with van der Waals surface area (Å²) in [6.45, 7) is 6.43. The lowest BCUT2D eigenvalue weighted by Gasteiger charge is -2.36. The van der Waals surface area contributed by atoms with Gasteiger partial charge in [-0.15, -0.1) is 12.4 Å². The minimum Gasteiger partial charge on any atom is -0.444 e. The minimum atomic E-state index is -4.56. The Labute approximate surface area is 267 Å². The van der Waals surface area contributed by atoms with E-state index in [9.17, 15) is 48.7 Å². The van der Waals surface area contributed by atoms with Crippen LogP contribution in [0.1, 0.15) is 68.7 Å². The van der Waals surface area contributed by atoms with Crippen LogP contribution in [0.2, 0.25) is 0 Å². The number of carbonyl (C=O) groups excluding carboxylic acids is 1. The van der Waals surface area contributed by atoms with Crippen molar-refractivity contribution in [1.29, 1.82) is 0 Å². The number of rotatable bonds is 4. The number of hydrogen-bond acceptors (Lipinski definition) is 3. The van der Waals surface area contributed by atoms with Crippen LogP contribution in [0.4, 0.5) is 48.7 Å². The summed E-state index contributed by atoms with van der Waals surface area (Å²) in [5, 5.41) is 2.99. The first-order valence-corrected chi connectivity index (χ1v) is 14.4. The molecule has 4 nitrogen and oxygen atoms in total. The first-order valence-electron chi connectivity index (χ1n) is 14.4. The minimum absolute atomic E-state index is 0. The second kappa shape index (κ2) is 15.0. The maximum atomic E-state index is 14.7. The molecule has 15 heteroatoms. The van der Waals surface area contributed by atoms with Gasteiger partial charge in [-0.2, -0.15) is 26.3 Å². The molecule has 260 valence electrons. The number of piperidine rings is 2. The van der Waals surface area contributed by atoms with Gasteiger partial charge in [0.25, 0.3) is 11.8 Å². The Morgan fingerprint density at radius 1 is 0.630 bits per heavy atom. The molecule has 46 heavy (non-hydrogen) atoms. The highest BCUT2D eigenvalue weighted by atomic mass is 35.5. The fourth-order valence-electron chi connectivity index (χ4n) is 5.17. The Morgan fingerprint density at radius 2 is 0.957 bits per heavy atom. The van der Waals surface area contributed by atoms with Crippen molar-refractivity contribution in [3.05, 3.63) is 70.8 Å². The van der Waals surface area contributed by atoms with Crippen LogP contribution in [0.5, 0.6) is 0 Å². The maximum absolute atomic E-state index is 14.7. The third kappa shape index (κ3) is 10.4. The monoisotopic (exact) mass is 694 g/mol. The molecule has 2 aliphatic rings. The van der Waals surface area contributed by atoms with Gasteiger partial charge in [0, 0.05) is 36.1 Å². The maximum Gasteiger partial charge on any atom is 0.416 e. The summed E-state index contributed by atoms with van der Waals surface area (Å²) < 4.78 is 138. The molecule has 4 rings (SSSR count). The molecule has 2 saturated heterocycles. The molecule has 0 unspecified atom stereocenters. The van der Waals surface area contributed by atoms with Crippen molar-refractivity contribution in [2.24, 2.45) is 11.8 Å². The Kier molecular flexibility index (Phi) is 12.9. The SMILES string of the molecule is CC(C)(C)OC(=O)N1CCC(C(F)(F)c2ccc(C(F)(F)F)cc2)CC1.Cl.FC(F)(F)c1ccc(C(F)(F)C2CCNCC2)cc1. The lowest BCUT2D eigenvalue weighted by atomic mass is 9.86. The van der Waals surface area contributed by atoms with Gasteiger partial charge in [0.05, 0.1) is 11.1 Å². The summed E-state index contributed by atoms with van der Waals surface area (Å²) in [6.07, 6.45) is -8.86. The Morgan fingerprint density at radius 3 is 1.28 bits per heavy atom. The smallest absolute Gasteiger partial charge is 0.416 e. The average Bonchev–Trinajstić information content (AvgIpc) is 2.96. The second-order valence-electron chi connectivity index (χ2n) is 12.2. The van der Waals surface area contributed by atoms with E-state index in [2.05, 4.69) is 5.32 Å². The fraction of sp³-hybridized carbons (Fsp3) is 0.581. The van der Waals surface area contributed by atoms with Crippen molar-refractivity contribution in [2.75, 3.05) is 26.2 Å². The highest BCUT2D eigenvalue weighted by Crippen LogP contribution is 2.43. The molecule has 2 heterocycles. The first kappa shape index (κ1) is 39.4. The van der Waals surface area contributed by atoms with Gasteiger partial charge in [0.2, 0.25) is 0 Å². The van der Waals surface area contributed by atoms with E-state index in [1.165, 1.54) is 4.90 Å². The molecule has 2 aliphatic heterocycles. The molecule has 2 aromatic rings. The first-order chi connectivity index (χ1) is 20.6. The topological polar surface area (TPSA) is 41.6 Å². The molecular weight excluding hydrogens is 658 g/mol. The van der Waals surface area contributed by atoms with Crippen LogP contribution in [0.25, 0.3) is 0 Å². The summed E-state index contributed by atoms with van der Waals surface area (Å²) in [5.74, 6) is -8.19. The number of benzene rings is 2. The third-order valence-corrected chi connectivity index (χ3v) is 7.71. The summed E-state index contributed by atoms with van der Waals surface area (Å²) in [4.78, 5) is 13.4. The van der Waals surface area contributed by atoms with Crippen LogP contribution in [-0.2, 0) is 28.9 Å². The molecule has 0 saturated carbocycles. The van der Waals surface area contributed by atoms with Gasteiger partial charge in [0.15, 0.2) is 0 Å². The normalized spacial score (nSPS) is 17.5. The zero-order chi connectivity index (χ0) is 33.8. The number of halogens is 11. The Balaban J connectivity index is 0.000000328. The van der Waals surface area contributed by atoms with Crippen LogP contribution in [-0.4, -0.2) is 42.8 Å². The fourth-order valence-corrected chi connectivity index (χ4v) is 5.17. The van der Waals surface area contributed by atoms with E-state index in [1.807, 2.05) is 0 Å². The molecule has 0 aromatic heterocycles. The van der Waals surface area contributed by atoms with Crippen LogP contribution in [0.15, 0.2) is 48.5 Å². The van der Waals surface area contributed by atoms with Crippen LogP contribution < -0.4 is 5.32 Å². The lowest BCUT2D eigenvalue weighted by molar-refractivity contribution is -0.138. The number of amides is 1. The molecule has 1 amide bonds. The summed E-state index contributed by atoms with van der Waals surface area (Å²) in [6, 6.07) is 6.16. The zero-order valence-corrected chi connectivity index (χ0v) is 26.2. The number of nitrogens with zero attached hydrogens (tertiary/aromatic N) is 1. The van der Waals surface area contributed by atoms with Gasteiger partial charge in [-0.05, 0) is 83.8 Å². The van der Waals surface area contributed by atoms with E-state index >= 15 is 0 Å². The number of hydrogen-bond donors (Lipinski definition) is 1. The number of ether oxygens (including phenoxy) is 1. The summed E-state index contributed by atoms with van der Waals surface area (Å²) >= 11 is 0. The number of alkyl halides is 10. The largest absolute Gasteiger partial charge is 0.444 e. The molecular formula is C31H37ClF10N2O2. The highest BCUT2D eigenvalue weighted by molar-refractivity contribution is 5.85. The van der Waals surface area contributed by atoms with Crippen molar-refractivity contribution in [3.63, 3.8) is 0 Å². The van der Waals surface area contributed by atoms with Gasteiger partial charge in [0.1, 0.15) is 5.60 Å². The van der Waals surface area contributed by atoms with Crippen molar-refractivity contribution >= 4 is 18.5 Å². The van der Waals surface area contributed by atoms with E-state index < -0.39 is 64.4 Å². The average molecular weight is 695 g/mol. The zero-order valence-electron chi connectivity index (χ0n) is 25.4. The number of carbonyl (C=O) groups is 1. The molecule has 2 fully saturated rings. The van der Waals surface area contributed by atoms with Crippen molar-refractivity contribution in [3.8, 4) is 0 Å². The van der Waals surface area contributed by atoms with Crippen LogP contribution >= 0.6 is 12.4 Å². The molecule has 0 spiro atoms. The predicted octanol–water partition coefficient (Wildman–Crippen LogP) is 9.66. The molecule has 0 aliphatic carbocycles. The summed E-state index contributed by atoms with van der Waals surface area (Å²) in [7, 11) is 0. The molecule has 0 atom stereocenters. The van der Waals surface area contributed by atoms with Gasteiger partial charge >= 0.3 is 18.4 Å². The lowest BCUT2D eigenvalue weighted by Crippen LogP contribution is -2.44. The Hall–Kier alpha value is -2.74. The van der Waals surface area contributed by atoms with E-state index in [-0.39, 0.29) is 43.9 Å². The van der Waals surface area contributed by atoms with Gasteiger partial charge in [-0.25, -0.2) is 22.4 Å². The number of likely N-dealkylation sites (tertiary alicyclic amines) is 1.